The standard InChI is InChI=1S/C47H82N14O10/c1-27(2)24-35(44(68)61-37(46(70)71)25-28(3)4)59-43(67)34(19-20-38(51)62)58-41(65)33(18-10-12-22-49)57-45(69)36(26-30-14-7-6-8-15-30)60-42(66)32(17-9-11-21-48)56-39(63)29(5)55-40(64)31(50)16-13-23-54-47(52)53/h6-8,14-15,27-29,31-37H,9-13,16-26,48-50H2,1-5H3,(H2,51,62)(H,55,64)(H,56,63)(H,57,69)(H,58,65)(H,59,67)(H,60,66)(H,61,68)(H,70,71)(H4,52,53,54)/t29-,31-,32-,33-,34-,35-,36-,37-/m0/s1. The van der Waals surface area contributed by atoms with Gasteiger partial charge in [-0.25, -0.2) is 4.79 Å². The van der Waals surface area contributed by atoms with Gasteiger partial charge >= 0.3 is 5.97 Å². The minimum atomic E-state index is -1.45. The van der Waals surface area contributed by atoms with Gasteiger partial charge in [-0.2, -0.15) is 0 Å². The van der Waals surface area contributed by atoms with Crippen molar-refractivity contribution in [1.29, 1.82) is 0 Å². The summed E-state index contributed by atoms with van der Waals surface area (Å²) in [5, 5.41) is 28.1. The molecular formula is C47H82N14O10. The predicted molar refractivity (Wildman–Crippen MR) is 268 cm³/mol. The Balaban J connectivity index is 3.49. The summed E-state index contributed by atoms with van der Waals surface area (Å²) in [6.45, 7) is 9.41. The van der Waals surface area contributed by atoms with E-state index in [1.807, 2.05) is 0 Å². The zero-order valence-electron chi connectivity index (χ0n) is 42.0. The molecule has 0 unspecified atom stereocenters. The highest BCUT2D eigenvalue weighted by atomic mass is 16.4. The molecule has 24 heteroatoms. The van der Waals surface area contributed by atoms with E-state index < -0.39 is 102 Å². The van der Waals surface area contributed by atoms with Gasteiger partial charge in [-0.15, -0.1) is 0 Å². The molecule has 71 heavy (non-hydrogen) atoms. The van der Waals surface area contributed by atoms with Crippen molar-refractivity contribution in [3.63, 3.8) is 0 Å². The molecule has 24 nitrogen and oxygen atoms in total. The maximum absolute atomic E-state index is 14.4. The number of nitrogens with one attached hydrogen (secondary N) is 7. The summed E-state index contributed by atoms with van der Waals surface area (Å²) in [5.74, 6) is -7.68. The monoisotopic (exact) mass is 1000 g/mol. The summed E-state index contributed by atoms with van der Waals surface area (Å²) in [5.41, 5.74) is 34.3. The minimum Gasteiger partial charge on any atom is -0.480 e. The van der Waals surface area contributed by atoms with Crippen molar-refractivity contribution in [2.45, 2.75) is 166 Å². The third-order valence-corrected chi connectivity index (χ3v) is 11.1. The van der Waals surface area contributed by atoms with Crippen LogP contribution in [0.4, 0.5) is 0 Å². The van der Waals surface area contributed by atoms with Crippen LogP contribution in [0.15, 0.2) is 35.3 Å². The highest BCUT2D eigenvalue weighted by molar-refractivity contribution is 5.97. The smallest absolute Gasteiger partial charge is 0.326 e. The van der Waals surface area contributed by atoms with Crippen LogP contribution in [0.25, 0.3) is 0 Å². The molecule has 0 heterocycles. The fraction of sp³-hybridized carbons (Fsp3) is 0.660. The summed E-state index contributed by atoms with van der Waals surface area (Å²) in [7, 11) is 0. The lowest BCUT2D eigenvalue weighted by Gasteiger charge is -2.28. The average molecular weight is 1000 g/mol. The third-order valence-electron chi connectivity index (χ3n) is 11.1. The van der Waals surface area contributed by atoms with Crippen molar-refractivity contribution in [3.8, 4) is 0 Å². The summed E-state index contributed by atoms with van der Waals surface area (Å²) in [6, 6.07) is -1.17. The molecule has 0 aliphatic heterocycles. The molecule has 0 aliphatic carbocycles. The molecule has 0 aliphatic rings. The fourth-order valence-corrected chi connectivity index (χ4v) is 7.23. The van der Waals surface area contributed by atoms with Gasteiger partial charge in [0.1, 0.15) is 42.3 Å². The Bertz CT molecular complexity index is 1900. The number of rotatable bonds is 36. The predicted octanol–water partition coefficient (Wildman–Crippen LogP) is -2.28. The number of unbranched alkanes of at least 4 members (excludes halogenated alkanes) is 2. The zero-order chi connectivity index (χ0) is 53.6. The van der Waals surface area contributed by atoms with Crippen molar-refractivity contribution >= 4 is 59.2 Å². The molecule has 0 radical (unpaired) electrons. The van der Waals surface area contributed by atoms with E-state index in [-0.39, 0.29) is 82.3 Å². The molecule has 0 fully saturated rings. The van der Waals surface area contributed by atoms with Gasteiger partial charge < -0.3 is 76.7 Å². The number of hydrogen-bond donors (Lipinski definition) is 14. The van der Waals surface area contributed by atoms with Gasteiger partial charge in [-0.05, 0) is 108 Å². The van der Waals surface area contributed by atoms with E-state index in [2.05, 4.69) is 42.2 Å². The number of nitrogens with zero attached hydrogens (tertiary/aromatic N) is 1. The first-order valence-electron chi connectivity index (χ1n) is 24.4. The van der Waals surface area contributed by atoms with Gasteiger partial charge in [0.15, 0.2) is 5.96 Å². The largest absolute Gasteiger partial charge is 0.480 e. The van der Waals surface area contributed by atoms with Crippen LogP contribution in [0.1, 0.15) is 117 Å². The number of carboxylic acid groups (broad SMARTS) is 1. The van der Waals surface area contributed by atoms with E-state index in [1.165, 1.54) is 6.92 Å². The summed E-state index contributed by atoms with van der Waals surface area (Å²) in [4.78, 5) is 124. The molecule has 0 saturated carbocycles. The highest BCUT2D eigenvalue weighted by Gasteiger charge is 2.34. The van der Waals surface area contributed by atoms with E-state index in [0.29, 0.717) is 44.2 Å². The van der Waals surface area contributed by atoms with Crippen molar-refractivity contribution in [3.05, 3.63) is 35.9 Å². The zero-order valence-corrected chi connectivity index (χ0v) is 42.0. The molecular weight excluding hydrogens is 921 g/mol. The van der Waals surface area contributed by atoms with E-state index in [1.54, 1.807) is 58.0 Å². The number of carbonyl (C=O) groups excluding carboxylic acids is 8. The molecule has 0 bridgehead atoms. The second-order valence-corrected chi connectivity index (χ2v) is 18.5. The van der Waals surface area contributed by atoms with Crippen LogP contribution in [0.5, 0.6) is 0 Å². The number of guanidine groups is 1. The molecule has 1 aromatic carbocycles. The van der Waals surface area contributed by atoms with Gasteiger partial charge in [0.2, 0.25) is 47.3 Å². The van der Waals surface area contributed by atoms with E-state index in [9.17, 15) is 48.3 Å². The van der Waals surface area contributed by atoms with E-state index in [4.69, 9.17) is 34.4 Å². The van der Waals surface area contributed by atoms with Gasteiger partial charge in [-0.1, -0.05) is 58.0 Å². The number of aliphatic carboxylic acids is 1. The van der Waals surface area contributed by atoms with Crippen LogP contribution in [0.2, 0.25) is 0 Å². The molecule has 8 amide bonds. The fourth-order valence-electron chi connectivity index (χ4n) is 7.23. The van der Waals surface area contributed by atoms with Gasteiger partial charge in [0.05, 0.1) is 6.04 Å². The Hall–Kier alpha value is -6.40. The van der Waals surface area contributed by atoms with Crippen molar-refractivity contribution in [2.24, 2.45) is 51.2 Å². The second-order valence-electron chi connectivity index (χ2n) is 18.5. The SMILES string of the molecule is CC(C)C[C@H](NC(=O)[C@H](CC(C)C)NC(=O)[C@H](CCC(N)=O)NC(=O)[C@H](CCCCN)NC(=O)[C@H](Cc1ccccc1)NC(=O)[C@H](CCCCN)NC(=O)[C@H](C)NC(=O)[C@@H](N)CCCN=C(N)N)C(=O)O. The number of aliphatic imine (C=N–C) groups is 1. The van der Waals surface area contributed by atoms with E-state index >= 15 is 0 Å². The van der Waals surface area contributed by atoms with Crippen molar-refractivity contribution in [1.82, 2.24) is 37.2 Å². The molecule has 8 atom stereocenters. The number of amides is 8. The maximum atomic E-state index is 14.4. The van der Waals surface area contributed by atoms with Crippen LogP contribution < -0.4 is 71.6 Å². The highest BCUT2D eigenvalue weighted by Crippen LogP contribution is 2.13. The summed E-state index contributed by atoms with van der Waals surface area (Å²) < 4.78 is 0. The van der Waals surface area contributed by atoms with Crippen LogP contribution >= 0.6 is 0 Å². The molecule has 0 spiro atoms. The maximum Gasteiger partial charge on any atom is 0.326 e. The van der Waals surface area contributed by atoms with E-state index in [0.717, 1.165) is 0 Å². The van der Waals surface area contributed by atoms with Crippen LogP contribution in [0.3, 0.4) is 0 Å². The molecule has 0 aromatic heterocycles. The lowest BCUT2D eigenvalue weighted by atomic mass is 9.99. The summed E-state index contributed by atoms with van der Waals surface area (Å²) in [6.07, 6.45) is 1.97. The molecule has 400 valence electrons. The first kappa shape index (κ1) is 62.6. The van der Waals surface area contributed by atoms with Gasteiger partial charge in [0, 0.05) is 19.4 Å². The van der Waals surface area contributed by atoms with Gasteiger partial charge in [0.25, 0.3) is 0 Å². The topological polar surface area (TPSA) is 427 Å². The number of nitrogens with two attached hydrogens (primary N) is 6. The Morgan fingerprint density at radius 3 is 1.44 bits per heavy atom. The first-order valence-corrected chi connectivity index (χ1v) is 24.4. The van der Waals surface area contributed by atoms with Gasteiger partial charge in [-0.3, -0.25) is 43.3 Å². The summed E-state index contributed by atoms with van der Waals surface area (Å²) >= 11 is 0. The Morgan fingerprint density at radius 2 is 0.958 bits per heavy atom. The lowest BCUT2D eigenvalue weighted by molar-refractivity contribution is -0.143. The molecule has 1 aromatic rings. The molecule has 1 rings (SSSR count). The molecule has 20 N–H and O–H groups in total. The first-order chi connectivity index (χ1) is 33.5. The number of primary amides is 1. The third kappa shape index (κ3) is 26.4. The van der Waals surface area contributed by atoms with Crippen molar-refractivity contribution < 1.29 is 48.3 Å². The normalized spacial score (nSPS) is 14.5. The van der Waals surface area contributed by atoms with Crippen LogP contribution in [-0.2, 0) is 49.6 Å². The van der Waals surface area contributed by atoms with Crippen LogP contribution in [-0.4, -0.2) is 132 Å². The Labute approximate surface area is 416 Å². The average Bonchev–Trinajstić information content (AvgIpc) is 3.29. The number of carbonyl (C=O) groups is 9. The van der Waals surface area contributed by atoms with Crippen molar-refractivity contribution in [2.75, 3.05) is 19.6 Å². The Morgan fingerprint density at radius 1 is 0.521 bits per heavy atom. The lowest BCUT2D eigenvalue weighted by Crippen LogP contribution is -2.60. The Kier molecular flexibility index (Phi) is 30.0. The quantitative estimate of drug-likeness (QED) is 0.0191. The second kappa shape index (κ2) is 34.0. The number of carboxylic acids is 1. The minimum absolute atomic E-state index is 0.0248. The number of hydrogen-bond acceptors (Lipinski definition) is 13. The molecule has 0 saturated heterocycles. The number of benzene rings is 1. The van der Waals surface area contributed by atoms with Crippen LogP contribution in [0, 0.1) is 11.8 Å².